The smallest absolute Gasteiger partial charge is 0.407 e. The molecular weight excluding hydrogens is 342 g/mol. The Labute approximate surface area is 163 Å². The van der Waals surface area contributed by atoms with Gasteiger partial charge in [0.25, 0.3) is 0 Å². The zero-order valence-electron chi connectivity index (χ0n) is 17.0. The molecule has 1 amide bonds. The molecule has 0 fully saturated rings. The summed E-state index contributed by atoms with van der Waals surface area (Å²) in [5, 5.41) is 2.65. The maximum absolute atomic E-state index is 12.5. The summed E-state index contributed by atoms with van der Waals surface area (Å²) in [6.07, 6.45) is 6.57. The van der Waals surface area contributed by atoms with Crippen molar-refractivity contribution in [2.75, 3.05) is 13.2 Å². The molecule has 0 unspecified atom stereocenters. The number of hydrogen-bond donors (Lipinski definition) is 1. The van der Waals surface area contributed by atoms with Gasteiger partial charge in [0.15, 0.2) is 0 Å². The van der Waals surface area contributed by atoms with Crippen LogP contribution in [0.4, 0.5) is 4.79 Å². The highest BCUT2D eigenvalue weighted by atomic mass is 16.6. The van der Waals surface area contributed by atoms with E-state index in [4.69, 9.17) is 9.47 Å². The third kappa shape index (κ3) is 11.3. The van der Waals surface area contributed by atoms with E-state index in [-0.39, 0.29) is 5.92 Å². The fraction of sp³-hybridized carbons (Fsp3) is 0.636. The molecule has 1 atom stereocenters. The first-order valence-electron chi connectivity index (χ1n) is 10.2. The molecule has 1 aromatic rings. The molecule has 0 aliphatic carbocycles. The third-order valence-corrected chi connectivity index (χ3v) is 4.15. The van der Waals surface area contributed by atoms with Crippen LogP contribution in [-0.4, -0.2) is 31.3 Å². The maximum atomic E-state index is 12.5. The molecular formula is C22H35NO4. The lowest BCUT2D eigenvalue weighted by Gasteiger charge is -2.18. The number of hydrogen-bond acceptors (Lipinski definition) is 4. The van der Waals surface area contributed by atoms with E-state index in [9.17, 15) is 9.59 Å². The molecule has 0 spiro atoms. The molecule has 5 nitrogen and oxygen atoms in total. The van der Waals surface area contributed by atoms with E-state index in [1.807, 2.05) is 44.2 Å². The summed E-state index contributed by atoms with van der Waals surface area (Å²) >= 11 is 0. The Morgan fingerprint density at radius 1 is 0.963 bits per heavy atom. The average molecular weight is 378 g/mol. The number of rotatable bonds is 13. The largest absolute Gasteiger partial charge is 0.464 e. The monoisotopic (exact) mass is 377 g/mol. The van der Waals surface area contributed by atoms with E-state index < -0.39 is 18.1 Å². The Kier molecular flexibility index (Phi) is 12.0. The molecule has 1 rings (SSSR count). The minimum absolute atomic E-state index is 0.239. The molecule has 152 valence electrons. The lowest BCUT2D eigenvalue weighted by atomic mass is 10.1. The lowest BCUT2D eigenvalue weighted by molar-refractivity contribution is -0.146. The summed E-state index contributed by atoms with van der Waals surface area (Å²) in [7, 11) is 0. The van der Waals surface area contributed by atoms with Crippen LogP contribution in [0.1, 0.15) is 64.9 Å². The van der Waals surface area contributed by atoms with Gasteiger partial charge in [-0.2, -0.15) is 0 Å². The van der Waals surface area contributed by atoms with Crippen molar-refractivity contribution in [1.82, 2.24) is 5.32 Å². The SMILES string of the molecule is CCCCCCCCOC(=O)[C@H](Cc1ccccc1)NC(=O)OCC(C)C. The van der Waals surface area contributed by atoms with Gasteiger partial charge in [0.05, 0.1) is 13.2 Å². The van der Waals surface area contributed by atoms with Gasteiger partial charge in [0.1, 0.15) is 6.04 Å². The second-order valence-electron chi connectivity index (χ2n) is 7.31. The molecule has 0 saturated heterocycles. The molecule has 0 radical (unpaired) electrons. The predicted molar refractivity (Wildman–Crippen MR) is 108 cm³/mol. The third-order valence-electron chi connectivity index (χ3n) is 4.15. The number of nitrogens with one attached hydrogen (secondary N) is 1. The Hall–Kier alpha value is -2.04. The molecule has 0 aliphatic heterocycles. The van der Waals surface area contributed by atoms with Gasteiger partial charge in [0, 0.05) is 6.42 Å². The van der Waals surface area contributed by atoms with Crippen molar-refractivity contribution in [3.8, 4) is 0 Å². The van der Waals surface area contributed by atoms with Crippen LogP contribution >= 0.6 is 0 Å². The van der Waals surface area contributed by atoms with Crippen LogP contribution in [0.3, 0.4) is 0 Å². The van der Waals surface area contributed by atoms with Crippen LogP contribution in [0, 0.1) is 5.92 Å². The summed E-state index contributed by atoms with van der Waals surface area (Å²) in [6, 6.07) is 8.84. The van der Waals surface area contributed by atoms with E-state index in [1.54, 1.807) is 0 Å². The predicted octanol–water partition coefficient (Wildman–Crippen LogP) is 4.88. The van der Waals surface area contributed by atoms with Crippen LogP contribution in [0.2, 0.25) is 0 Å². The average Bonchev–Trinajstić information content (AvgIpc) is 2.65. The first-order valence-corrected chi connectivity index (χ1v) is 10.2. The van der Waals surface area contributed by atoms with Crippen molar-refractivity contribution in [2.24, 2.45) is 5.92 Å². The van der Waals surface area contributed by atoms with E-state index >= 15 is 0 Å². The minimum Gasteiger partial charge on any atom is -0.464 e. The molecule has 0 saturated carbocycles. The lowest BCUT2D eigenvalue weighted by Crippen LogP contribution is -2.44. The number of carbonyl (C=O) groups excluding carboxylic acids is 2. The van der Waals surface area contributed by atoms with Crippen molar-refractivity contribution >= 4 is 12.1 Å². The van der Waals surface area contributed by atoms with E-state index in [0.29, 0.717) is 19.6 Å². The number of carbonyl (C=O) groups is 2. The van der Waals surface area contributed by atoms with Crippen LogP contribution in [0.25, 0.3) is 0 Å². The van der Waals surface area contributed by atoms with Gasteiger partial charge in [-0.3, -0.25) is 0 Å². The molecule has 0 aromatic heterocycles. The summed E-state index contributed by atoms with van der Waals surface area (Å²) in [5.74, 6) is -0.170. The Bertz CT molecular complexity index is 530. The van der Waals surface area contributed by atoms with Crippen molar-refractivity contribution in [1.29, 1.82) is 0 Å². The molecule has 1 N–H and O–H groups in total. The minimum atomic E-state index is -0.743. The Morgan fingerprint density at radius 3 is 2.30 bits per heavy atom. The first kappa shape index (κ1) is 23.0. The topological polar surface area (TPSA) is 64.6 Å². The highest BCUT2D eigenvalue weighted by molar-refractivity contribution is 5.81. The second-order valence-corrected chi connectivity index (χ2v) is 7.31. The van der Waals surface area contributed by atoms with Crippen LogP contribution in [-0.2, 0) is 20.7 Å². The Balaban J connectivity index is 2.48. The van der Waals surface area contributed by atoms with Gasteiger partial charge in [-0.15, -0.1) is 0 Å². The number of benzene rings is 1. The molecule has 0 aliphatic rings. The number of alkyl carbamates (subject to hydrolysis) is 1. The summed E-state index contributed by atoms with van der Waals surface area (Å²) in [5.41, 5.74) is 0.961. The number of esters is 1. The number of ether oxygens (including phenoxy) is 2. The normalized spacial score (nSPS) is 11.9. The first-order chi connectivity index (χ1) is 13.0. The highest BCUT2D eigenvalue weighted by Crippen LogP contribution is 2.08. The molecule has 0 bridgehead atoms. The van der Waals surface area contributed by atoms with E-state index in [1.165, 1.54) is 25.7 Å². The van der Waals surface area contributed by atoms with Crippen molar-refractivity contribution in [3.05, 3.63) is 35.9 Å². The van der Waals surface area contributed by atoms with Gasteiger partial charge in [-0.25, -0.2) is 9.59 Å². The van der Waals surface area contributed by atoms with Crippen LogP contribution in [0.5, 0.6) is 0 Å². The van der Waals surface area contributed by atoms with Gasteiger partial charge >= 0.3 is 12.1 Å². The van der Waals surface area contributed by atoms with Crippen molar-refractivity contribution in [2.45, 2.75) is 71.8 Å². The summed E-state index contributed by atoms with van der Waals surface area (Å²) in [6.45, 7) is 6.82. The second kappa shape index (κ2) is 14.1. The van der Waals surface area contributed by atoms with Gasteiger partial charge in [-0.1, -0.05) is 83.2 Å². The molecule has 5 heteroatoms. The Morgan fingerprint density at radius 2 is 1.63 bits per heavy atom. The zero-order chi connectivity index (χ0) is 19.9. The molecule has 27 heavy (non-hydrogen) atoms. The fourth-order valence-corrected chi connectivity index (χ4v) is 2.63. The quantitative estimate of drug-likeness (QED) is 0.393. The standard InChI is InChI=1S/C22H35NO4/c1-4-5-6-7-8-12-15-26-21(24)20(16-19-13-10-9-11-14-19)23-22(25)27-17-18(2)3/h9-11,13-14,18,20H,4-8,12,15-17H2,1-3H3,(H,23,25)/t20-/m0/s1. The number of amides is 1. The summed E-state index contributed by atoms with van der Waals surface area (Å²) in [4.78, 5) is 24.5. The van der Waals surface area contributed by atoms with Gasteiger partial charge < -0.3 is 14.8 Å². The van der Waals surface area contributed by atoms with Crippen LogP contribution < -0.4 is 5.32 Å². The highest BCUT2D eigenvalue weighted by Gasteiger charge is 2.23. The summed E-state index contributed by atoms with van der Waals surface area (Å²) < 4.78 is 10.5. The van der Waals surface area contributed by atoms with Crippen LogP contribution in [0.15, 0.2) is 30.3 Å². The maximum Gasteiger partial charge on any atom is 0.407 e. The van der Waals surface area contributed by atoms with E-state index in [2.05, 4.69) is 12.2 Å². The molecule has 0 heterocycles. The fourth-order valence-electron chi connectivity index (χ4n) is 2.63. The van der Waals surface area contributed by atoms with Crippen molar-refractivity contribution < 1.29 is 19.1 Å². The van der Waals surface area contributed by atoms with Gasteiger partial charge in [-0.05, 0) is 17.9 Å². The van der Waals surface area contributed by atoms with E-state index in [0.717, 1.165) is 18.4 Å². The number of unbranched alkanes of at least 4 members (excludes halogenated alkanes) is 5. The molecule has 1 aromatic carbocycles. The zero-order valence-corrected chi connectivity index (χ0v) is 17.0. The van der Waals surface area contributed by atoms with Crippen molar-refractivity contribution in [3.63, 3.8) is 0 Å². The van der Waals surface area contributed by atoms with Gasteiger partial charge in [0.2, 0.25) is 0 Å².